The molecule has 1 heterocycles. The third-order valence-corrected chi connectivity index (χ3v) is 3.37. The van der Waals surface area contributed by atoms with Crippen LogP contribution < -0.4 is 5.32 Å². The van der Waals surface area contributed by atoms with Gasteiger partial charge in [-0.3, -0.25) is 9.59 Å². The van der Waals surface area contributed by atoms with E-state index in [0.29, 0.717) is 6.54 Å². The van der Waals surface area contributed by atoms with Gasteiger partial charge in [0.25, 0.3) is 0 Å². The molecule has 0 aliphatic carbocycles. The second-order valence-electron chi connectivity index (χ2n) is 6.01. The molecule has 1 aliphatic rings. The van der Waals surface area contributed by atoms with Crippen LogP contribution in [-0.2, 0) is 16.1 Å². The van der Waals surface area contributed by atoms with Crippen molar-refractivity contribution < 1.29 is 9.59 Å². The molecule has 2 amide bonds. The zero-order valence-electron chi connectivity index (χ0n) is 11.9. The fourth-order valence-electron chi connectivity index (χ4n) is 2.16. The molecule has 1 atom stereocenters. The van der Waals surface area contributed by atoms with Gasteiger partial charge >= 0.3 is 0 Å². The van der Waals surface area contributed by atoms with E-state index in [1.165, 1.54) is 0 Å². The topological polar surface area (TPSA) is 49.4 Å². The fourth-order valence-corrected chi connectivity index (χ4v) is 2.16. The Morgan fingerprint density at radius 1 is 1.32 bits per heavy atom. The maximum atomic E-state index is 12.5. The molecule has 1 aromatic carbocycles. The smallest absolute Gasteiger partial charge is 0.246 e. The highest BCUT2D eigenvalue weighted by molar-refractivity contribution is 5.99. The van der Waals surface area contributed by atoms with Crippen molar-refractivity contribution in [2.75, 3.05) is 5.32 Å². The van der Waals surface area contributed by atoms with Crippen LogP contribution in [0.1, 0.15) is 33.3 Å². The first-order valence-electron chi connectivity index (χ1n) is 6.50. The number of benzene rings is 1. The lowest BCUT2D eigenvalue weighted by molar-refractivity contribution is -0.145. The largest absolute Gasteiger partial charge is 0.326 e. The van der Waals surface area contributed by atoms with Gasteiger partial charge < -0.3 is 10.2 Å². The second kappa shape index (κ2) is 4.68. The average molecular weight is 260 g/mol. The van der Waals surface area contributed by atoms with E-state index in [9.17, 15) is 9.59 Å². The van der Waals surface area contributed by atoms with E-state index in [4.69, 9.17) is 0 Å². The summed E-state index contributed by atoms with van der Waals surface area (Å²) >= 11 is 0. The molecule has 0 bridgehead atoms. The van der Waals surface area contributed by atoms with E-state index in [0.717, 1.165) is 11.3 Å². The van der Waals surface area contributed by atoms with Crippen LogP contribution in [0, 0.1) is 5.41 Å². The number of rotatable bonds is 0. The predicted molar refractivity (Wildman–Crippen MR) is 74.5 cm³/mol. The molecule has 102 valence electrons. The van der Waals surface area contributed by atoms with Gasteiger partial charge in [-0.25, -0.2) is 0 Å². The Hall–Kier alpha value is -1.84. The Kier molecular flexibility index (Phi) is 3.35. The number of hydrogen-bond acceptors (Lipinski definition) is 2. The molecule has 4 heteroatoms. The molecule has 0 fully saturated rings. The summed E-state index contributed by atoms with van der Waals surface area (Å²) in [7, 11) is 0. The van der Waals surface area contributed by atoms with Crippen LogP contribution in [0.15, 0.2) is 24.3 Å². The van der Waals surface area contributed by atoms with Crippen molar-refractivity contribution in [3.05, 3.63) is 29.8 Å². The number of nitrogens with zero attached hydrogens (tertiary/aromatic N) is 1. The normalized spacial score (nSPS) is 19.5. The molecule has 1 N–H and O–H groups in total. The zero-order chi connectivity index (χ0) is 14.2. The molecular weight excluding hydrogens is 240 g/mol. The van der Waals surface area contributed by atoms with Crippen LogP contribution in [0.3, 0.4) is 0 Å². The number of carbonyl (C=O) groups excluding carboxylic acids is 2. The monoisotopic (exact) mass is 260 g/mol. The Balaban J connectivity index is 2.40. The highest BCUT2D eigenvalue weighted by Crippen LogP contribution is 2.27. The molecule has 1 aromatic rings. The van der Waals surface area contributed by atoms with Crippen molar-refractivity contribution in [3.8, 4) is 0 Å². The third kappa shape index (κ3) is 2.62. The molecule has 0 aromatic heterocycles. The number of nitrogens with one attached hydrogen (secondary N) is 1. The van der Waals surface area contributed by atoms with Gasteiger partial charge in [-0.2, -0.15) is 0 Å². The summed E-state index contributed by atoms with van der Waals surface area (Å²) in [5.74, 6) is -0.144. The molecule has 4 nitrogen and oxygen atoms in total. The fraction of sp³-hybridized carbons (Fsp3) is 0.467. The van der Waals surface area contributed by atoms with Crippen LogP contribution in [0.4, 0.5) is 5.69 Å². The number of fused-ring (bicyclic) bond motifs is 1. The highest BCUT2D eigenvalue weighted by Gasteiger charge is 2.35. The molecule has 1 unspecified atom stereocenters. The molecule has 1 aliphatic heterocycles. The Morgan fingerprint density at radius 3 is 2.58 bits per heavy atom. The van der Waals surface area contributed by atoms with Crippen molar-refractivity contribution in [1.82, 2.24) is 4.90 Å². The summed E-state index contributed by atoms with van der Waals surface area (Å²) in [5, 5.41) is 2.88. The zero-order valence-corrected chi connectivity index (χ0v) is 11.9. The number of para-hydroxylation sites is 1. The Labute approximate surface area is 113 Å². The summed E-state index contributed by atoms with van der Waals surface area (Å²) in [6.07, 6.45) is 0. The van der Waals surface area contributed by atoms with Gasteiger partial charge in [-0.15, -0.1) is 0 Å². The lowest BCUT2D eigenvalue weighted by atomic mass is 9.93. The van der Waals surface area contributed by atoms with E-state index in [1.54, 1.807) is 11.8 Å². The molecule has 0 saturated carbocycles. The maximum Gasteiger partial charge on any atom is 0.246 e. The summed E-state index contributed by atoms with van der Waals surface area (Å²) in [6.45, 7) is 7.85. The van der Waals surface area contributed by atoms with Crippen LogP contribution in [0.2, 0.25) is 0 Å². The molecule has 0 radical (unpaired) electrons. The maximum absolute atomic E-state index is 12.5. The van der Waals surface area contributed by atoms with Crippen LogP contribution in [0.5, 0.6) is 0 Å². The van der Waals surface area contributed by atoms with E-state index >= 15 is 0 Å². The predicted octanol–water partition coefficient (Wildman–Crippen LogP) is 2.40. The quantitative estimate of drug-likeness (QED) is 0.778. The average Bonchev–Trinajstić information content (AvgIpc) is 2.46. The minimum atomic E-state index is -0.492. The lowest BCUT2D eigenvalue weighted by Crippen LogP contribution is -2.47. The number of carbonyl (C=O) groups is 2. The van der Waals surface area contributed by atoms with Gasteiger partial charge in [0.2, 0.25) is 11.8 Å². The molecule has 0 saturated heterocycles. The summed E-state index contributed by atoms with van der Waals surface area (Å²) < 4.78 is 0. The molecule has 19 heavy (non-hydrogen) atoms. The first-order chi connectivity index (χ1) is 8.80. The number of anilines is 1. The van der Waals surface area contributed by atoms with Crippen LogP contribution >= 0.6 is 0 Å². The van der Waals surface area contributed by atoms with Crippen molar-refractivity contribution >= 4 is 17.5 Å². The van der Waals surface area contributed by atoms with Gasteiger partial charge in [0, 0.05) is 17.6 Å². The molecule has 0 spiro atoms. The standard InChI is InChI=1S/C15H20N2O2/c1-10-13(18)16-12-8-6-5-7-11(12)9-17(10)14(19)15(2,3)4/h5-8,10H,9H2,1-4H3,(H,16,18). The van der Waals surface area contributed by atoms with Gasteiger partial charge in [0.15, 0.2) is 0 Å². The highest BCUT2D eigenvalue weighted by atomic mass is 16.2. The van der Waals surface area contributed by atoms with Gasteiger partial charge in [0.05, 0.1) is 0 Å². The Bertz CT molecular complexity index is 517. The first kappa shape index (κ1) is 13.6. The SMILES string of the molecule is CC1C(=O)Nc2ccccc2CN1C(=O)C(C)(C)C. The third-order valence-electron chi connectivity index (χ3n) is 3.37. The summed E-state index contributed by atoms with van der Waals surface area (Å²) in [5.41, 5.74) is 1.27. The van der Waals surface area contributed by atoms with Gasteiger partial charge in [-0.1, -0.05) is 39.0 Å². The van der Waals surface area contributed by atoms with Crippen LogP contribution in [-0.4, -0.2) is 22.8 Å². The summed E-state index contributed by atoms with van der Waals surface area (Å²) in [6, 6.07) is 7.15. The summed E-state index contributed by atoms with van der Waals surface area (Å²) in [4.78, 5) is 26.3. The Morgan fingerprint density at radius 2 is 1.95 bits per heavy atom. The minimum Gasteiger partial charge on any atom is -0.326 e. The van der Waals surface area contributed by atoms with Crippen molar-refractivity contribution in [2.24, 2.45) is 5.41 Å². The number of hydrogen-bond donors (Lipinski definition) is 1. The molecule has 2 rings (SSSR count). The van der Waals surface area contributed by atoms with Crippen molar-refractivity contribution in [1.29, 1.82) is 0 Å². The van der Waals surface area contributed by atoms with E-state index in [-0.39, 0.29) is 11.8 Å². The van der Waals surface area contributed by atoms with Gasteiger partial charge in [-0.05, 0) is 18.6 Å². The van der Waals surface area contributed by atoms with E-state index in [1.807, 2.05) is 45.0 Å². The van der Waals surface area contributed by atoms with Crippen molar-refractivity contribution in [2.45, 2.75) is 40.3 Å². The first-order valence-corrected chi connectivity index (χ1v) is 6.50. The van der Waals surface area contributed by atoms with Crippen LogP contribution in [0.25, 0.3) is 0 Å². The molecular formula is C15H20N2O2. The number of amides is 2. The van der Waals surface area contributed by atoms with Gasteiger partial charge in [0.1, 0.15) is 6.04 Å². The lowest BCUT2D eigenvalue weighted by Gasteiger charge is -2.31. The van der Waals surface area contributed by atoms with E-state index < -0.39 is 11.5 Å². The minimum absolute atomic E-state index is 0.00754. The second-order valence-corrected chi connectivity index (χ2v) is 6.01. The van der Waals surface area contributed by atoms with E-state index in [2.05, 4.69) is 5.32 Å². The van der Waals surface area contributed by atoms with Crippen molar-refractivity contribution in [3.63, 3.8) is 0 Å².